The van der Waals surface area contributed by atoms with E-state index in [-0.39, 0.29) is 0 Å². The Balaban J connectivity index is 2.32. The number of tetrazole rings is 1. The van der Waals surface area contributed by atoms with E-state index in [1.54, 1.807) is 11.8 Å². The summed E-state index contributed by atoms with van der Waals surface area (Å²) in [7, 11) is 1.66. The number of hydrogen-bond acceptors (Lipinski definition) is 5. The molecule has 0 aromatic carbocycles. The minimum Gasteiger partial charge on any atom is -0.385 e. The predicted octanol–water partition coefficient (Wildman–Crippen LogP) is -0.708. The highest BCUT2D eigenvalue weighted by Crippen LogP contribution is 1.93. The van der Waals surface area contributed by atoms with Gasteiger partial charge in [-0.05, 0) is 16.8 Å². The van der Waals surface area contributed by atoms with E-state index in [9.17, 15) is 0 Å². The van der Waals surface area contributed by atoms with Crippen molar-refractivity contribution in [2.75, 3.05) is 19.5 Å². The monoisotopic (exact) mass is 157 g/mol. The molecule has 0 saturated heterocycles. The van der Waals surface area contributed by atoms with Crippen LogP contribution in [0.15, 0.2) is 0 Å². The molecule has 0 unspecified atom stereocenters. The molecule has 2 N–H and O–H groups in total. The van der Waals surface area contributed by atoms with Crippen LogP contribution in [0, 0.1) is 0 Å². The lowest BCUT2D eigenvalue weighted by Crippen LogP contribution is -2.07. The van der Waals surface area contributed by atoms with E-state index in [4.69, 9.17) is 10.5 Å². The van der Waals surface area contributed by atoms with Gasteiger partial charge < -0.3 is 10.5 Å². The standard InChI is InChI=1S/C5H11N5O/c1-11-4-2-3-10-5(6)7-8-9-10/h2-4H2,1H3,(H2,6,7,9). The Bertz CT molecular complexity index is 210. The summed E-state index contributed by atoms with van der Waals surface area (Å²) < 4.78 is 6.40. The molecule has 0 aliphatic heterocycles. The molecule has 0 bridgehead atoms. The molecule has 6 heteroatoms. The molecule has 0 atom stereocenters. The van der Waals surface area contributed by atoms with Gasteiger partial charge in [0.1, 0.15) is 0 Å². The van der Waals surface area contributed by atoms with Crippen LogP contribution < -0.4 is 5.73 Å². The molecule has 6 nitrogen and oxygen atoms in total. The maximum absolute atomic E-state index is 5.41. The lowest BCUT2D eigenvalue weighted by molar-refractivity contribution is 0.189. The first-order chi connectivity index (χ1) is 5.34. The minimum atomic E-state index is 0.348. The average molecular weight is 157 g/mol. The molecule has 0 fully saturated rings. The Morgan fingerprint density at radius 2 is 2.45 bits per heavy atom. The number of ether oxygens (including phenoxy) is 1. The Morgan fingerprint density at radius 3 is 3.00 bits per heavy atom. The van der Waals surface area contributed by atoms with Gasteiger partial charge in [0.2, 0.25) is 5.95 Å². The van der Waals surface area contributed by atoms with Gasteiger partial charge >= 0.3 is 0 Å². The predicted molar refractivity (Wildman–Crippen MR) is 38.7 cm³/mol. The summed E-state index contributed by atoms with van der Waals surface area (Å²) in [6, 6.07) is 0. The molecule has 11 heavy (non-hydrogen) atoms. The summed E-state index contributed by atoms with van der Waals surface area (Å²) in [6.07, 6.45) is 0.867. The highest BCUT2D eigenvalue weighted by atomic mass is 16.5. The van der Waals surface area contributed by atoms with Crippen molar-refractivity contribution in [1.82, 2.24) is 20.2 Å². The topological polar surface area (TPSA) is 78.8 Å². The van der Waals surface area contributed by atoms with Gasteiger partial charge in [0, 0.05) is 20.3 Å². The largest absolute Gasteiger partial charge is 0.385 e. The summed E-state index contributed by atoms with van der Waals surface area (Å²) in [5.74, 6) is 0.348. The molecule has 0 aliphatic rings. The molecule has 0 spiro atoms. The first-order valence-corrected chi connectivity index (χ1v) is 3.35. The van der Waals surface area contributed by atoms with Crippen LogP contribution in [0.1, 0.15) is 6.42 Å². The van der Waals surface area contributed by atoms with Crippen LogP contribution in [-0.2, 0) is 11.3 Å². The summed E-state index contributed by atoms with van der Waals surface area (Å²) in [6.45, 7) is 1.39. The van der Waals surface area contributed by atoms with Crippen LogP contribution >= 0.6 is 0 Å². The smallest absolute Gasteiger partial charge is 0.240 e. The summed E-state index contributed by atoms with van der Waals surface area (Å²) >= 11 is 0. The van der Waals surface area contributed by atoms with Crippen LogP contribution in [-0.4, -0.2) is 33.9 Å². The van der Waals surface area contributed by atoms with Gasteiger partial charge in [-0.15, -0.1) is 0 Å². The number of nitrogens with zero attached hydrogens (tertiary/aromatic N) is 4. The van der Waals surface area contributed by atoms with Gasteiger partial charge in [0.25, 0.3) is 0 Å². The van der Waals surface area contributed by atoms with Crippen LogP contribution in [0.5, 0.6) is 0 Å². The Morgan fingerprint density at radius 1 is 1.64 bits per heavy atom. The number of nitrogens with two attached hydrogens (primary N) is 1. The maximum atomic E-state index is 5.41. The van der Waals surface area contributed by atoms with Crippen LogP contribution in [0.2, 0.25) is 0 Å². The van der Waals surface area contributed by atoms with Gasteiger partial charge in [0.05, 0.1) is 0 Å². The maximum Gasteiger partial charge on any atom is 0.240 e. The first-order valence-electron chi connectivity index (χ1n) is 3.35. The lowest BCUT2D eigenvalue weighted by atomic mass is 10.4. The molecule has 0 saturated carbocycles. The van der Waals surface area contributed by atoms with Crippen molar-refractivity contribution in [2.45, 2.75) is 13.0 Å². The summed E-state index contributed by atoms with van der Waals surface area (Å²) in [5.41, 5.74) is 5.41. The number of methoxy groups -OCH3 is 1. The van der Waals surface area contributed by atoms with E-state index in [0.717, 1.165) is 6.42 Å². The van der Waals surface area contributed by atoms with Gasteiger partial charge in [-0.25, -0.2) is 4.68 Å². The third kappa shape index (κ3) is 2.15. The highest BCUT2D eigenvalue weighted by Gasteiger charge is 1.98. The normalized spacial score (nSPS) is 10.3. The van der Waals surface area contributed by atoms with Gasteiger partial charge in [-0.1, -0.05) is 5.10 Å². The number of anilines is 1. The fourth-order valence-corrected chi connectivity index (χ4v) is 0.729. The van der Waals surface area contributed by atoms with Crippen molar-refractivity contribution >= 4 is 5.95 Å². The molecule has 1 heterocycles. The summed E-state index contributed by atoms with van der Waals surface area (Å²) in [4.78, 5) is 0. The fourth-order valence-electron chi connectivity index (χ4n) is 0.729. The molecule has 1 aromatic rings. The molecule has 0 amide bonds. The van der Waals surface area contributed by atoms with Crippen LogP contribution in [0.25, 0.3) is 0 Å². The van der Waals surface area contributed by atoms with Gasteiger partial charge in [-0.2, -0.15) is 0 Å². The third-order valence-electron chi connectivity index (χ3n) is 1.28. The van der Waals surface area contributed by atoms with Crippen molar-refractivity contribution in [3.8, 4) is 0 Å². The average Bonchev–Trinajstić information content (AvgIpc) is 2.37. The molecule has 62 valence electrons. The second-order valence-corrected chi connectivity index (χ2v) is 2.11. The molecular formula is C5H11N5O. The zero-order valence-corrected chi connectivity index (χ0v) is 6.40. The second-order valence-electron chi connectivity index (χ2n) is 2.11. The summed E-state index contributed by atoms with van der Waals surface area (Å²) in [5, 5.41) is 10.6. The van der Waals surface area contributed by atoms with E-state index >= 15 is 0 Å². The number of aromatic nitrogens is 4. The van der Waals surface area contributed by atoms with Crippen molar-refractivity contribution in [3.63, 3.8) is 0 Å². The molecule has 0 radical (unpaired) electrons. The van der Waals surface area contributed by atoms with Crippen molar-refractivity contribution < 1.29 is 4.74 Å². The quantitative estimate of drug-likeness (QED) is 0.584. The highest BCUT2D eigenvalue weighted by molar-refractivity contribution is 5.09. The number of nitrogen functional groups attached to an aromatic ring is 1. The van der Waals surface area contributed by atoms with Crippen molar-refractivity contribution in [3.05, 3.63) is 0 Å². The van der Waals surface area contributed by atoms with Gasteiger partial charge in [-0.3, -0.25) is 0 Å². The van der Waals surface area contributed by atoms with Gasteiger partial charge in [0.15, 0.2) is 0 Å². The Kier molecular flexibility index (Phi) is 2.79. The van der Waals surface area contributed by atoms with E-state index in [1.165, 1.54) is 0 Å². The fraction of sp³-hybridized carbons (Fsp3) is 0.800. The molecule has 1 aromatic heterocycles. The minimum absolute atomic E-state index is 0.348. The van der Waals surface area contributed by atoms with E-state index in [0.29, 0.717) is 19.1 Å². The van der Waals surface area contributed by atoms with E-state index in [1.807, 2.05) is 0 Å². The number of rotatable bonds is 4. The van der Waals surface area contributed by atoms with E-state index in [2.05, 4.69) is 15.5 Å². The second kappa shape index (κ2) is 3.87. The third-order valence-corrected chi connectivity index (χ3v) is 1.28. The first kappa shape index (κ1) is 7.93. The Hall–Kier alpha value is -1.17. The van der Waals surface area contributed by atoms with Crippen LogP contribution in [0.4, 0.5) is 5.95 Å². The molecule has 1 rings (SSSR count). The SMILES string of the molecule is COCCCn1nnnc1N. The van der Waals surface area contributed by atoms with Crippen LogP contribution in [0.3, 0.4) is 0 Å². The Labute approximate surface area is 64.3 Å². The van der Waals surface area contributed by atoms with E-state index < -0.39 is 0 Å². The lowest BCUT2D eigenvalue weighted by Gasteiger charge is -1.99. The zero-order chi connectivity index (χ0) is 8.10. The molecular weight excluding hydrogens is 146 g/mol. The van der Waals surface area contributed by atoms with Crippen molar-refractivity contribution in [1.29, 1.82) is 0 Å². The van der Waals surface area contributed by atoms with Crippen molar-refractivity contribution in [2.24, 2.45) is 0 Å². The number of hydrogen-bond donors (Lipinski definition) is 1. The zero-order valence-electron chi connectivity index (χ0n) is 6.40. The number of aryl methyl sites for hydroxylation is 1. The molecule has 0 aliphatic carbocycles.